The molecule has 4 heteroatoms. The van der Waals surface area contributed by atoms with Gasteiger partial charge in [0.2, 0.25) is 5.91 Å². The minimum absolute atomic E-state index is 0.0116. The zero-order chi connectivity index (χ0) is 13.0. The van der Waals surface area contributed by atoms with E-state index in [2.05, 4.69) is 27.7 Å². The van der Waals surface area contributed by atoms with E-state index >= 15 is 0 Å². The van der Waals surface area contributed by atoms with Gasteiger partial charge in [-0.25, -0.2) is 0 Å². The Balaban J connectivity index is 2.60. The predicted octanol–water partition coefficient (Wildman–Crippen LogP) is 1.96. The lowest BCUT2D eigenvalue weighted by Gasteiger charge is -2.36. The van der Waals surface area contributed by atoms with Crippen molar-refractivity contribution in [3.8, 4) is 0 Å². The summed E-state index contributed by atoms with van der Waals surface area (Å²) in [5.41, 5.74) is 5.75. The molecule has 3 atom stereocenters. The van der Waals surface area contributed by atoms with Crippen LogP contribution in [-0.4, -0.2) is 40.9 Å². The second-order valence-corrected chi connectivity index (χ2v) is 7.44. The summed E-state index contributed by atoms with van der Waals surface area (Å²) in [4.78, 5) is 14.4. The van der Waals surface area contributed by atoms with Crippen LogP contribution in [0.15, 0.2) is 0 Å². The maximum Gasteiger partial charge on any atom is 0.227 e. The normalized spacial score (nSPS) is 27.3. The molecular weight excluding hydrogens is 232 g/mol. The van der Waals surface area contributed by atoms with Crippen molar-refractivity contribution >= 4 is 17.7 Å². The van der Waals surface area contributed by atoms with E-state index in [0.717, 1.165) is 19.5 Å². The largest absolute Gasteiger partial charge is 0.340 e. The fraction of sp³-hybridized carbons (Fsp3) is 0.923. The second-order valence-electron chi connectivity index (χ2n) is 5.56. The molecule has 1 fully saturated rings. The zero-order valence-corrected chi connectivity index (χ0v) is 12.3. The highest BCUT2D eigenvalue weighted by Crippen LogP contribution is 2.26. The Bertz CT molecular complexity index is 248. The Morgan fingerprint density at radius 1 is 1.35 bits per heavy atom. The van der Waals surface area contributed by atoms with Crippen molar-refractivity contribution in [2.24, 2.45) is 17.6 Å². The molecule has 1 amide bonds. The molecule has 3 unspecified atom stereocenters. The maximum atomic E-state index is 12.4. The van der Waals surface area contributed by atoms with Crippen molar-refractivity contribution in [2.75, 3.05) is 19.6 Å². The molecule has 2 N–H and O–H groups in total. The summed E-state index contributed by atoms with van der Waals surface area (Å²) >= 11 is 1.97. The van der Waals surface area contributed by atoms with Crippen LogP contribution in [0.5, 0.6) is 0 Å². The van der Waals surface area contributed by atoms with Crippen molar-refractivity contribution in [1.29, 1.82) is 0 Å². The van der Waals surface area contributed by atoms with Crippen LogP contribution in [0, 0.1) is 11.8 Å². The van der Waals surface area contributed by atoms with Crippen molar-refractivity contribution in [1.82, 2.24) is 4.90 Å². The van der Waals surface area contributed by atoms with Crippen LogP contribution in [-0.2, 0) is 4.79 Å². The Hall–Kier alpha value is -0.220. The quantitative estimate of drug-likeness (QED) is 0.838. The van der Waals surface area contributed by atoms with Crippen molar-refractivity contribution in [2.45, 2.75) is 44.6 Å². The molecule has 0 aromatic carbocycles. The van der Waals surface area contributed by atoms with Gasteiger partial charge in [-0.15, -0.1) is 0 Å². The predicted molar refractivity (Wildman–Crippen MR) is 75.1 cm³/mol. The summed E-state index contributed by atoms with van der Waals surface area (Å²) in [5, 5.41) is 1.08. The number of amides is 1. The van der Waals surface area contributed by atoms with Gasteiger partial charge in [-0.2, -0.15) is 11.8 Å². The second kappa shape index (κ2) is 6.64. The van der Waals surface area contributed by atoms with Crippen LogP contribution in [0.1, 0.15) is 34.1 Å². The van der Waals surface area contributed by atoms with Crippen LogP contribution >= 0.6 is 11.8 Å². The first-order chi connectivity index (χ1) is 7.93. The highest BCUT2D eigenvalue weighted by molar-refractivity contribution is 8.00. The average molecular weight is 258 g/mol. The van der Waals surface area contributed by atoms with Gasteiger partial charge in [0, 0.05) is 30.1 Å². The van der Waals surface area contributed by atoms with Crippen LogP contribution in [0.3, 0.4) is 0 Å². The molecule has 17 heavy (non-hydrogen) atoms. The van der Waals surface area contributed by atoms with Gasteiger partial charge < -0.3 is 10.6 Å². The molecular formula is C13H26N2OS. The minimum atomic E-state index is 0.0116. The number of thioether (sulfide) groups is 1. The molecule has 1 aliphatic rings. The first-order valence-corrected chi connectivity index (χ1v) is 7.52. The van der Waals surface area contributed by atoms with Gasteiger partial charge in [0.1, 0.15) is 0 Å². The van der Waals surface area contributed by atoms with E-state index < -0.39 is 0 Å². The Morgan fingerprint density at radius 3 is 2.29 bits per heavy atom. The Kier molecular flexibility index (Phi) is 5.80. The maximum absolute atomic E-state index is 12.4. The number of hydrogen-bond acceptors (Lipinski definition) is 3. The van der Waals surface area contributed by atoms with E-state index in [1.807, 2.05) is 16.7 Å². The monoisotopic (exact) mass is 258 g/mol. The third-order valence-corrected chi connectivity index (χ3v) is 4.35. The number of nitrogens with zero attached hydrogens (tertiary/aromatic N) is 1. The third kappa shape index (κ3) is 4.51. The van der Waals surface area contributed by atoms with Crippen LogP contribution in [0.4, 0.5) is 0 Å². The Labute approximate surface area is 109 Å². The smallest absolute Gasteiger partial charge is 0.227 e. The summed E-state index contributed by atoms with van der Waals surface area (Å²) in [6.07, 6.45) is 0.905. The van der Waals surface area contributed by atoms with Crippen LogP contribution in [0.2, 0.25) is 0 Å². The van der Waals surface area contributed by atoms with Gasteiger partial charge >= 0.3 is 0 Å². The standard InChI is InChI=1S/C13H26N2OS/c1-9(2)5-12(6-14)13(16)15-7-10(3)17-11(4)8-15/h9-12H,5-8,14H2,1-4H3. The topological polar surface area (TPSA) is 46.3 Å². The first kappa shape index (κ1) is 14.8. The summed E-state index contributed by atoms with van der Waals surface area (Å²) < 4.78 is 0. The van der Waals surface area contributed by atoms with Gasteiger partial charge in [-0.1, -0.05) is 27.7 Å². The highest BCUT2D eigenvalue weighted by Gasteiger charge is 2.29. The fourth-order valence-electron chi connectivity index (χ4n) is 2.48. The van der Waals surface area contributed by atoms with E-state index in [1.165, 1.54) is 0 Å². The number of carbonyl (C=O) groups is 1. The summed E-state index contributed by atoms with van der Waals surface area (Å²) in [7, 11) is 0. The molecule has 0 aromatic heterocycles. The van der Waals surface area contributed by atoms with Crippen molar-refractivity contribution < 1.29 is 4.79 Å². The van der Waals surface area contributed by atoms with E-state index in [-0.39, 0.29) is 11.8 Å². The SMILES string of the molecule is CC(C)CC(CN)C(=O)N1CC(C)SC(C)C1. The van der Waals surface area contributed by atoms with Gasteiger partial charge in [0.15, 0.2) is 0 Å². The van der Waals surface area contributed by atoms with E-state index in [4.69, 9.17) is 5.73 Å². The Morgan fingerprint density at radius 2 is 1.88 bits per heavy atom. The molecule has 3 nitrogen and oxygen atoms in total. The molecule has 1 saturated heterocycles. The molecule has 0 bridgehead atoms. The van der Waals surface area contributed by atoms with Crippen LogP contribution < -0.4 is 5.73 Å². The zero-order valence-electron chi connectivity index (χ0n) is 11.5. The molecule has 0 radical (unpaired) electrons. The van der Waals surface area contributed by atoms with Crippen molar-refractivity contribution in [3.05, 3.63) is 0 Å². The molecule has 1 aliphatic heterocycles. The molecule has 0 saturated carbocycles. The van der Waals surface area contributed by atoms with E-state index in [0.29, 0.717) is 23.0 Å². The number of hydrogen-bond donors (Lipinski definition) is 1. The molecule has 0 spiro atoms. The van der Waals surface area contributed by atoms with Crippen molar-refractivity contribution in [3.63, 3.8) is 0 Å². The number of rotatable bonds is 4. The highest BCUT2D eigenvalue weighted by atomic mass is 32.2. The lowest BCUT2D eigenvalue weighted by atomic mass is 9.95. The fourth-order valence-corrected chi connectivity index (χ4v) is 3.81. The first-order valence-electron chi connectivity index (χ1n) is 6.58. The average Bonchev–Trinajstić information content (AvgIpc) is 2.23. The van der Waals surface area contributed by atoms with Gasteiger partial charge in [0.05, 0.1) is 5.92 Å². The van der Waals surface area contributed by atoms with E-state index in [9.17, 15) is 4.79 Å². The molecule has 1 heterocycles. The molecule has 100 valence electrons. The third-order valence-electron chi connectivity index (χ3n) is 3.12. The molecule has 1 rings (SSSR count). The summed E-state index contributed by atoms with van der Waals surface area (Å²) in [6, 6.07) is 0. The molecule has 0 aromatic rings. The summed E-state index contributed by atoms with van der Waals surface area (Å²) in [6.45, 7) is 10.9. The lowest BCUT2D eigenvalue weighted by Crippen LogP contribution is -2.48. The summed E-state index contributed by atoms with van der Waals surface area (Å²) in [5.74, 6) is 0.805. The minimum Gasteiger partial charge on any atom is -0.340 e. The van der Waals surface area contributed by atoms with Gasteiger partial charge in [0.25, 0.3) is 0 Å². The number of nitrogens with two attached hydrogens (primary N) is 1. The molecule has 0 aliphatic carbocycles. The van der Waals surface area contributed by atoms with Gasteiger partial charge in [-0.3, -0.25) is 4.79 Å². The number of carbonyl (C=O) groups excluding carboxylic acids is 1. The van der Waals surface area contributed by atoms with Gasteiger partial charge in [-0.05, 0) is 12.3 Å². The lowest BCUT2D eigenvalue weighted by molar-refractivity contribution is -0.135. The van der Waals surface area contributed by atoms with E-state index in [1.54, 1.807) is 0 Å². The van der Waals surface area contributed by atoms with Crippen LogP contribution in [0.25, 0.3) is 0 Å².